The first-order chi connectivity index (χ1) is 11.2. The third kappa shape index (κ3) is 2.75. The quantitative estimate of drug-likeness (QED) is 0.786. The zero-order valence-electron chi connectivity index (χ0n) is 12.3. The van der Waals surface area contributed by atoms with Crippen molar-refractivity contribution < 1.29 is 21.6 Å². The predicted molar refractivity (Wildman–Crippen MR) is 84.6 cm³/mol. The number of hydrogen-bond acceptors (Lipinski definition) is 2. The molecule has 1 aliphatic heterocycles. The van der Waals surface area contributed by atoms with E-state index < -0.39 is 21.8 Å². The largest absolute Gasteiger partial charge is 0.416 e. The topological polar surface area (TPSA) is 46.5 Å². The molecule has 0 unspecified atom stereocenters. The van der Waals surface area contributed by atoms with E-state index in [0.29, 0.717) is 16.7 Å². The summed E-state index contributed by atoms with van der Waals surface area (Å²) in [4.78, 5) is 0.0597. The van der Waals surface area contributed by atoms with E-state index in [1.807, 2.05) is 0 Å². The molecule has 0 aromatic heterocycles. The van der Waals surface area contributed by atoms with Gasteiger partial charge in [-0.25, -0.2) is 0 Å². The molecule has 3 rings (SSSR count). The van der Waals surface area contributed by atoms with Crippen LogP contribution < -0.4 is 0 Å². The van der Waals surface area contributed by atoms with Gasteiger partial charge in [-0.1, -0.05) is 30.3 Å². The molecule has 24 heavy (non-hydrogen) atoms. The first kappa shape index (κ1) is 16.4. The molecule has 0 spiro atoms. The number of halogens is 3. The first-order valence-electron chi connectivity index (χ1n) is 7.00. The molecule has 1 heterocycles. The van der Waals surface area contributed by atoms with E-state index in [4.69, 9.17) is 0 Å². The van der Waals surface area contributed by atoms with Crippen molar-refractivity contribution in [1.29, 1.82) is 0 Å². The van der Waals surface area contributed by atoms with E-state index in [1.165, 1.54) is 18.2 Å². The van der Waals surface area contributed by atoms with Crippen LogP contribution in [0.15, 0.2) is 64.4 Å². The van der Waals surface area contributed by atoms with Crippen molar-refractivity contribution in [2.75, 3.05) is 0 Å². The van der Waals surface area contributed by atoms with Gasteiger partial charge in [0.2, 0.25) is 0 Å². The van der Waals surface area contributed by atoms with Gasteiger partial charge in [0.15, 0.2) is 0 Å². The summed E-state index contributed by atoms with van der Waals surface area (Å²) in [5.41, 5.74) is 0.443. The Kier molecular flexibility index (Phi) is 3.83. The maximum Gasteiger partial charge on any atom is 0.416 e. The lowest BCUT2D eigenvalue weighted by atomic mass is 9.94. The molecule has 2 aromatic rings. The summed E-state index contributed by atoms with van der Waals surface area (Å²) in [5, 5.41) is 0. The number of sulfonamides is 1. The van der Waals surface area contributed by atoms with Crippen LogP contribution in [-0.2, 0) is 22.6 Å². The van der Waals surface area contributed by atoms with Crippen LogP contribution in [0.2, 0.25) is 0 Å². The predicted octanol–water partition coefficient (Wildman–Crippen LogP) is 3.97. The van der Waals surface area contributed by atoms with Crippen molar-refractivity contribution in [3.05, 3.63) is 77.4 Å². The molecule has 0 amide bonds. The van der Waals surface area contributed by atoms with Gasteiger partial charge in [0.05, 0.1) is 16.2 Å². The Hall–Kier alpha value is -2.41. The van der Waals surface area contributed by atoms with Gasteiger partial charge in [-0.05, 0) is 30.2 Å². The molecule has 0 N–H and O–H groups in total. The van der Waals surface area contributed by atoms with Crippen LogP contribution in [0.1, 0.15) is 22.3 Å². The van der Waals surface area contributed by atoms with Gasteiger partial charge < -0.3 is 0 Å². The van der Waals surface area contributed by atoms with Crippen molar-refractivity contribution in [3.8, 4) is 0 Å². The highest BCUT2D eigenvalue weighted by atomic mass is 32.2. The van der Waals surface area contributed by atoms with Crippen molar-refractivity contribution in [2.24, 2.45) is 4.40 Å². The Morgan fingerprint density at radius 2 is 1.79 bits per heavy atom. The number of allylic oxidation sites excluding steroid dienone is 1. The number of benzene rings is 2. The molecule has 0 saturated heterocycles. The molecule has 0 bridgehead atoms. The lowest BCUT2D eigenvalue weighted by Crippen LogP contribution is -2.10. The van der Waals surface area contributed by atoms with Crippen LogP contribution in [0.5, 0.6) is 0 Å². The number of rotatable bonds is 3. The van der Waals surface area contributed by atoms with Crippen LogP contribution in [0, 0.1) is 0 Å². The lowest BCUT2D eigenvalue weighted by Gasteiger charge is -2.13. The fourth-order valence-corrected chi connectivity index (χ4v) is 3.85. The van der Waals surface area contributed by atoms with Gasteiger partial charge in [0, 0.05) is 11.1 Å². The van der Waals surface area contributed by atoms with E-state index in [0.717, 1.165) is 12.1 Å². The number of hydrogen-bond donors (Lipinski definition) is 0. The van der Waals surface area contributed by atoms with Crippen LogP contribution in [0.3, 0.4) is 0 Å². The minimum atomic E-state index is -4.48. The van der Waals surface area contributed by atoms with Crippen LogP contribution in [0.25, 0.3) is 0 Å². The highest BCUT2D eigenvalue weighted by Gasteiger charge is 2.33. The zero-order valence-corrected chi connectivity index (χ0v) is 13.2. The number of nitrogens with zero attached hydrogens (tertiary/aromatic N) is 1. The Balaban J connectivity index is 2.22. The second-order valence-electron chi connectivity index (χ2n) is 5.27. The molecule has 124 valence electrons. The third-order valence-corrected chi connectivity index (χ3v) is 5.02. The summed E-state index contributed by atoms with van der Waals surface area (Å²) in [6.45, 7) is 3.55. The van der Waals surface area contributed by atoms with Gasteiger partial charge >= 0.3 is 6.18 Å². The van der Waals surface area contributed by atoms with E-state index in [2.05, 4.69) is 11.0 Å². The second kappa shape index (κ2) is 5.59. The Labute approximate surface area is 137 Å². The van der Waals surface area contributed by atoms with Crippen LogP contribution in [-0.4, -0.2) is 14.1 Å². The second-order valence-corrected chi connectivity index (χ2v) is 6.85. The lowest BCUT2D eigenvalue weighted by molar-refractivity contribution is -0.137. The molecule has 0 aliphatic carbocycles. The van der Waals surface area contributed by atoms with Crippen molar-refractivity contribution >= 4 is 15.7 Å². The Morgan fingerprint density at radius 3 is 2.46 bits per heavy atom. The van der Waals surface area contributed by atoms with Crippen molar-refractivity contribution in [3.63, 3.8) is 0 Å². The zero-order chi connectivity index (χ0) is 17.5. The molecule has 7 heteroatoms. The molecule has 0 saturated carbocycles. The van der Waals surface area contributed by atoms with E-state index >= 15 is 0 Å². The molecule has 0 radical (unpaired) electrons. The third-order valence-electron chi connectivity index (χ3n) is 3.68. The molecule has 3 nitrogen and oxygen atoms in total. The molecular weight excluding hydrogens is 339 g/mol. The standard InChI is InChI=1S/C17H12F3NO2S/c1-2-5-11-10-12(17(18,19)20)8-9-13(11)16-14-6-3-4-7-15(14)24(22,23)21-16/h2-4,6-10H,1,5H2. The molecule has 0 atom stereocenters. The average Bonchev–Trinajstić information content (AvgIpc) is 2.79. The van der Waals surface area contributed by atoms with Crippen molar-refractivity contribution in [2.45, 2.75) is 17.5 Å². The van der Waals surface area contributed by atoms with Gasteiger partial charge in [0.1, 0.15) is 0 Å². The number of alkyl halides is 3. The van der Waals surface area contributed by atoms with Gasteiger partial charge in [-0.3, -0.25) is 0 Å². The summed E-state index contributed by atoms with van der Waals surface area (Å²) in [6, 6.07) is 9.45. The molecule has 0 fully saturated rings. The Morgan fingerprint density at radius 1 is 1.08 bits per heavy atom. The highest BCUT2D eigenvalue weighted by molar-refractivity contribution is 7.90. The van der Waals surface area contributed by atoms with Crippen molar-refractivity contribution in [1.82, 2.24) is 0 Å². The smallest absolute Gasteiger partial charge is 0.199 e. The van der Waals surface area contributed by atoms with Crippen LogP contribution >= 0.6 is 0 Å². The fourth-order valence-electron chi connectivity index (χ4n) is 2.63. The summed E-state index contributed by atoms with van der Waals surface area (Å²) in [6.07, 6.45) is -2.84. The number of fused-ring (bicyclic) bond motifs is 1. The van der Waals surface area contributed by atoms with E-state index in [1.54, 1.807) is 18.2 Å². The van der Waals surface area contributed by atoms with Gasteiger partial charge in [0.25, 0.3) is 10.0 Å². The monoisotopic (exact) mass is 351 g/mol. The van der Waals surface area contributed by atoms with E-state index in [9.17, 15) is 21.6 Å². The molecule has 1 aliphatic rings. The Bertz CT molecular complexity index is 960. The fraction of sp³-hybridized carbons (Fsp3) is 0.118. The first-order valence-corrected chi connectivity index (χ1v) is 8.44. The molecular formula is C17H12F3NO2S. The SMILES string of the molecule is C=CCc1cc(C(F)(F)F)ccc1C1=NS(=O)(=O)c2ccccc21. The summed E-state index contributed by atoms with van der Waals surface area (Å²) >= 11 is 0. The summed E-state index contributed by atoms with van der Waals surface area (Å²) in [7, 11) is -3.83. The average molecular weight is 351 g/mol. The maximum atomic E-state index is 12.9. The van der Waals surface area contributed by atoms with Gasteiger partial charge in [-0.2, -0.15) is 26.0 Å². The highest BCUT2D eigenvalue weighted by Crippen LogP contribution is 2.34. The normalized spacial score (nSPS) is 15.7. The molecule has 2 aromatic carbocycles. The maximum absolute atomic E-state index is 12.9. The van der Waals surface area contributed by atoms with Gasteiger partial charge in [-0.15, -0.1) is 6.58 Å². The summed E-state index contributed by atoms with van der Waals surface area (Å²) < 4.78 is 66.8. The van der Waals surface area contributed by atoms with Crippen LogP contribution in [0.4, 0.5) is 13.2 Å². The van der Waals surface area contributed by atoms with E-state index in [-0.39, 0.29) is 17.0 Å². The minimum Gasteiger partial charge on any atom is -0.199 e. The minimum absolute atomic E-state index is 0.0597. The summed E-state index contributed by atoms with van der Waals surface area (Å²) in [5.74, 6) is 0.